The summed E-state index contributed by atoms with van der Waals surface area (Å²) in [6.07, 6.45) is 1.57. The lowest BCUT2D eigenvalue weighted by Gasteiger charge is -2.12. The van der Waals surface area contributed by atoms with Crippen LogP contribution in [-0.2, 0) is 6.61 Å². The van der Waals surface area contributed by atoms with Crippen LogP contribution in [0.2, 0.25) is 0 Å². The Morgan fingerprint density at radius 3 is 2.50 bits per heavy atom. The van der Waals surface area contributed by atoms with Crippen molar-refractivity contribution < 1.29 is 9.53 Å². The van der Waals surface area contributed by atoms with Crippen LogP contribution in [0.15, 0.2) is 80.8 Å². The van der Waals surface area contributed by atoms with Crippen LogP contribution in [0.4, 0.5) is 0 Å². The van der Waals surface area contributed by atoms with Crippen molar-refractivity contribution in [3.63, 3.8) is 0 Å². The summed E-state index contributed by atoms with van der Waals surface area (Å²) in [5.74, 6) is 0.387. The Kier molecular flexibility index (Phi) is 7.01. The van der Waals surface area contributed by atoms with E-state index < -0.39 is 0 Å². The third-order valence-electron chi connectivity index (χ3n) is 3.95. The molecule has 28 heavy (non-hydrogen) atoms. The zero-order valence-electron chi connectivity index (χ0n) is 15.2. The number of aryl methyl sites for hydroxylation is 1. The second-order valence-electron chi connectivity index (χ2n) is 6.15. The zero-order chi connectivity index (χ0) is 19.9. The first kappa shape index (κ1) is 20.3. The van der Waals surface area contributed by atoms with Gasteiger partial charge in [-0.25, -0.2) is 5.43 Å². The van der Waals surface area contributed by atoms with E-state index in [9.17, 15) is 4.79 Å². The number of halogens is 2. The van der Waals surface area contributed by atoms with E-state index in [0.717, 1.165) is 25.6 Å². The number of benzene rings is 3. The van der Waals surface area contributed by atoms with E-state index in [1.54, 1.807) is 18.3 Å². The summed E-state index contributed by atoms with van der Waals surface area (Å²) in [4.78, 5) is 12.2. The number of carbonyl (C=O) groups is 1. The molecular formula is C22H18Br2N2O2. The van der Waals surface area contributed by atoms with Crippen LogP contribution < -0.4 is 10.2 Å². The fourth-order valence-electron chi connectivity index (χ4n) is 2.49. The van der Waals surface area contributed by atoms with E-state index in [-0.39, 0.29) is 5.91 Å². The summed E-state index contributed by atoms with van der Waals surface area (Å²) in [6.45, 7) is 2.40. The Bertz CT molecular complexity index is 987. The molecule has 1 amide bonds. The predicted molar refractivity (Wildman–Crippen MR) is 119 cm³/mol. The monoisotopic (exact) mass is 500 g/mol. The average Bonchev–Trinajstić information content (AvgIpc) is 2.68. The molecule has 0 bridgehead atoms. The van der Waals surface area contributed by atoms with Gasteiger partial charge in [0, 0.05) is 15.6 Å². The number of nitrogens with zero attached hydrogens (tertiary/aromatic N) is 1. The summed E-state index contributed by atoms with van der Waals surface area (Å²) in [7, 11) is 0. The highest BCUT2D eigenvalue weighted by Gasteiger charge is 2.10. The van der Waals surface area contributed by atoms with Crippen LogP contribution in [0.1, 0.15) is 27.0 Å². The Labute approximate surface area is 180 Å². The van der Waals surface area contributed by atoms with Crippen LogP contribution in [0, 0.1) is 6.92 Å². The topological polar surface area (TPSA) is 50.7 Å². The van der Waals surface area contributed by atoms with Crippen LogP contribution >= 0.6 is 31.9 Å². The number of amides is 1. The van der Waals surface area contributed by atoms with E-state index in [1.165, 1.54) is 0 Å². The number of hydrazone groups is 1. The number of carbonyl (C=O) groups excluding carboxylic acids is 1. The lowest BCUT2D eigenvalue weighted by Crippen LogP contribution is -2.17. The molecule has 6 heteroatoms. The molecule has 142 valence electrons. The molecule has 3 aromatic rings. The molecular weight excluding hydrogens is 484 g/mol. The van der Waals surface area contributed by atoms with Gasteiger partial charge in [-0.3, -0.25) is 4.79 Å². The van der Waals surface area contributed by atoms with E-state index in [1.807, 2.05) is 61.5 Å². The van der Waals surface area contributed by atoms with E-state index in [2.05, 4.69) is 42.4 Å². The van der Waals surface area contributed by atoms with Gasteiger partial charge in [0.05, 0.1) is 10.7 Å². The van der Waals surface area contributed by atoms with Crippen LogP contribution in [0.25, 0.3) is 0 Å². The molecule has 0 unspecified atom stereocenters. The van der Waals surface area contributed by atoms with Gasteiger partial charge in [-0.1, -0.05) is 64.0 Å². The fraction of sp³-hybridized carbons (Fsp3) is 0.0909. The molecule has 0 saturated carbocycles. The predicted octanol–water partition coefficient (Wildman–Crippen LogP) is 5.86. The largest absolute Gasteiger partial charge is 0.487 e. The molecule has 0 fully saturated rings. The van der Waals surface area contributed by atoms with Gasteiger partial charge in [-0.15, -0.1) is 0 Å². The second-order valence-corrected chi connectivity index (χ2v) is 7.92. The Morgan fingerprint density at radius 1 is 1.07 bits per heavy atom. The van der Waals surface area contributed by atoms with E-state index in [4.69, 9.17) is 4.74 Å². The maximum Gasteiger partial charge on any atom is 0.271 e. The smallest absolute Gasteiger partial charge is 0.271 e. The molecule has 0 spiro atoms. The lowest BCUT2D eigenvalue weighted by atomic mass is 10.1. The van der Waals surface area contributed by atoms with E-state index >= 15 is 0 Å². The highest BCUT2D eigenvalue weighted by molar-refractivity contribution is 9.11. The van der Waals surface area contributed by atoms with Gasteiger partial charge < -0.3 is 4.74 Å². The summed E-state index contributed by atoms with van der Waals surface area (Å²) in [5, 5.41) is 4.09. The van der Waals surface area contributed by atoms with Gasteiger partial charge in [0.1, 0.15) is 12.4 Å². The van der Waals surface area contributed by atoms with Crippen molar-refractivity contribution in [1.29, 1.82) is 0 Å². The molecule has 0 saturated heterocycles. The van der Waals surface area contributed by atoms with Crippen molar-refractivity contribution in [2.75, 3.05) is 0 Å². The highest BCUT2D eigenvalue weighted by Crippen LogP contribution is 2.32. The second kappa shape index (κ2) is 9.66. The lowest BCUT2D eigenvalue weighted by molar-refractivity contribution is 0.0955. The van der Waals surface area contributed by atoms with Crippen molar-refractivity contribution in [2.24, 2.45) is 5.10 Å². The van der Waals surface area contributed by atoms with Crippen LogP contribution in [0.5, 0.6) is 5.75 Å². The van der Waals surface area contributed by atoms with Crippen LogP contribution in [0.3, 0.4) is 0 Å². The molecule has 3 rings (SSSR count). The highest BCUT2D eigenvalue weighted by atomic mass is 79.9. The normalized spacial score (nSPS) is 10.8. The fourth-order valence-corrected chi connectivity index (χ4v) is 3.86. The number of nitrogens with one attached hydrogen (secondary N) is 1. The minimum absolute atomic E-state index is 0.267. The van der Waals surface area contributed by atoms with E-state index in [0.29, 0.717) is 17.9 Å². The first-order valence-electron chi connectivity index (χ1n) is 8.59. The quantitative estimate of drug-likeness (QED) is 0.339. The van der Waals surface area contributed by atoms with Crippen molar-refractivity contribution in [1.82, 2.24) is 5.43 Å². The standard InChI is InChI=1S/C22H18Br2N2O2/c1-15-7-9-17(10-8-15)22(27)26-25-13-18-11-19(23)12-20(24)21(18)28-14-16-5-3-2-4-6-16/h2-13H,14H2,1H3,(H,26,27)/b25-13-. The Morgan fingerprint density at radius 2 is 1.79 bits per heavy atom. The molecule has 1 N–H and O–H groups in total. The van der Waals surface area contributed by atoms with Crippen molar-refractivity contribution in [3.8, 4) is 5.75 Å². The molecule has 0 aromatic heterocycles. The molecule has 4 nitrogen and oxygen atoms in total. The number of hydrogen-bond acceptors (Lipinski definition) is 3. The van der Waals surface area contributed by atoms with Crippen molar-refractivity contribution in [3.05, 3.63) is 97.9 Å². The molecule has 0 aliphatic heterocycles. The third kappa shape index (κ3) is 5.53. The minimum Gasteiger partial charge on any atom is -0.487 e. The van der Waals surface area contributed by atoms with Gasteiger partial charge in [0.25, 0.3) is 5.91 Å². The first-order chi connectivity index (χ1) is 13.5. The summed E-state index contributed by atoms with van der Waals surface area (Å²) in [6, 6.07) is 21.0. The van der Waals surface area contributed by atoms with Crippen LogP contribution in [-0.4, -0.2) is 12.1 Å². The van der Waals surface area contributed by atoms with Gasteiger partial charge >= 0.3 is 0 Å². The van der Waals surface area contributed by atoms with Crippen molar-refractivity contribution in [2.45, 2.75) is 13.5 Å². The van der Waals surface area contributed by atoms with Gasteiger partial charge in [-0.2, -0.15) is 5.10 Å². The minimum atomic E-state index is -0.267. The molecule has 0 aliphatic carbocycles. The molecule has 0 heterocycles. The van der Waals surface area contributed by atoms with Crippen molar-refractivity contribution >= 4 is 44.0 Å². The van der Waals surface area contributed by atoms with Gasteiger partial charge in [0.15, 0.2) is 0 Å². The molecule has 0 atom stereocenters. The third-order valence-corrected chi connectivity index (χ3v) is 4.99. The summed E-state index contributed by atoms with van der Waals surface area (Å²) < 4.78 is 7.66. The Hall–Kier alpha value is -2.44. The van der Waals surface area contributed by atoms with Gasteiger partial charge in [-0.05, 0) is 52.7 Å². The number of hydrogen-bond donors (Lipinski definition) is 1. The maximum atomic E-state index is 12.2. The average molecular weight is 502 g/mol. The number of rotatable bonds is 6. The molecule has 0 radical (unpaired) electrons. The Balaban J connectivity index is 1.74. The SMILES string of the molecule is Cc1ccc(C(=O)N/N=C\c2cc(Br)cc(Br)c2OCc2ccccc2)cc1. The number of ether oxygens (including phenoxy) is 1. The van der Waals surface area contributed by atoms with Gasteiger partial charge in [0.2, 0.25) is 0 Å². The zero-order valence-corrected chi connectivity index (χ0v) is 18.3. The first-order valence-corrected chi connectivity index (χ1v) is 10.2. The summed E-state index contributed by atoms with van der Waals surface area (Å²) >= 11 is 7.00. The molecule has 0 aliphatic rings. The summed E-state index contributed by atoms with van der Waals surface area (Å²) in [5.41, 5.74) is 6.00. The maximum absolute atomic E-state index is 12.2. The molecule has 3 aromatic carbocycles.